The summed E-state index contributed by atoms with van der Waals surface area (Å²) in [6, 6.07) is 4.94. The number of hydrogen-bond acceptors (Lipinski definition) is 2. The lowest BCUT2D eigenvalue weighted by Gasteiger charge is -2.31. The SMILES string of the molecule is CCCNC(c1cc(Br)ccc1F)C(OCC)C(C)C. The third-order valence-electron chi connectivity index (χ3n) is 3.25. The van der Waals surface area contributed by atoms with Crippen molar-refractivity contribution in [3.8, 4) is 0 Å². The molecule has 0 saturated heterocycles. The van der Waals surface area contributed by atoms with Gasteiger partial charge in [-0.1, -0.05) is 36.7 Å². The van der Waals surface area contributed by atoms with Crippen molar-refractivity contribution in [1.29, 1.82) is 0 Å². The Hall–Kier alpha value is -0.450. The van der Waals surface area contributed by atoms with Crippen LogP contribution >= 0.6 is 15.9 Å². The van der Waals surface area contributed by atoms with Gasteiger partial charge < -0.3 is 10.1 Å². The van der Waals surface area contributed by atoms with Gasteiger partial charge in [0.1, 0.15) is 5.82 Å². The summed E-state index contributed by atoms with van der Waals surface area (Å²) in [6.07, 6.45) is 0.957. The molecule has 0 aliphatic rings. The Morgan fingerprint density at radius 3 is 2.55 bits per heavy atom. The lowest BCUT2D eigenvalue weighted by atomic mass is 9.93. The molecule has 0 aromatic heterocycles. The summed E-state index contributed by atoms with van der Waals surface area (Å²) < 4.78 is 20.9. The third kappa shape index (κ3) is 4.83. The molecule has 2 atom stereocenters. The maximum Gasteiger partial charge on any atom is 0.128 e. The molecule has 20 heavy (non-hydrogen) atoms. The van der Waals surface area contributed by atoms with Crippen LogP contribution < -0.4 is 5.32 Å². The zero-order chi connectivity index (χ0) is 15.1. The zero-order valence-corrected chi connectivity index (χ0v) is 14.3. The monoisotopic (exact) mass is 345 g/mol. The summed E-state index contributed by atoms with van der Waals surface area (Å²) in [5.41, 5.74) is 0.667. The quantitative estimate of drug-likeness (QED) is 0.737. The Kier molecular flexibility index (Phi) is 7.70. The highest BCUT2D eigenvalue weighted by molar-refractivity contribution is 9.10. The van der Waals surface area contributed by atoms with Crippen molar-refractivity contribution in [3.05, 3.63) is 34.1 Å². The van der Waals surface area contributed by atoms with Crippen LogP contribution in [0.2, 0.25) is 0 Å². The van der Waals surface area contributed by atoms with Gasteiger partial charge in [-0.2, -0.15) is 0 Å². The van der Waals surface area contributed by atoms with Gasteiger partial charge in [0.25, 0.3) is 0 Å². The molecular weight excluding hydrogens is 321 g/mol. The van der Waals surface area contributed by atoms with Gasteiger partial charge in [0.2, 0.25) is 0 Å². The van der Waals surface area contributed by atoms with Crippen LogP contribution in [0.15, 0.2) is 22.7 Å². The minimum absolute atomic E-state index is 0.0460. The van der Waals surface area contributed by atoms with E-state index < -0.39 is 0 Å². The van der Waals surface area contributed by atoms with E-state index in [4.69, 9.17) is 4.74 Å². The van der Waals surface area contributed by atoms with Gasteiger partial charge in [0.15, 0.2) is 0 Å². The minimum atomic E-state index is -0.188. The van der Waals surface area contributed by atoms with Crippen molar-refractivity contribution in [2.24, 2.45) is 5.92 Å². The molecule has 2 unspecified atom stereocenters. The van der Waals surface area contributed by atoms with Gasteiger partial charge in [-0.3, -0.25) is 0 Å². The Balaban J connectivity index is 3.11. The molecule has 0 bridgehead atoms. The van der Waals surface area contributed by atoms with E-state index in [2.05, 4.69) is 42.0 Å². The Bertz CT molecular complexity index is 411. The molecule has 0 spiro atoms. The molecule has 0 fully saturated rings. The van der Waals surface area contributed by atoms with E-state index in [0.29, 0.717) is 18.1 Å². The maximum absolute atomic E-state index is 14.2. The fourth-order valence-corrected chi connectivity index (χ4v) is 2.70. The standard InChI is InChI=1S/C16H25BrFNO/c1-5-9-19-15(16(11(3)4)20-6-2)13-10-12(17)7-8-14(13)18/h7-8,10-11,15-16,19H,5-6,9H2,1-4H3. The molecular formula is C16H25BrFNO. The number of halogens is 2. The Morgan fingerprint density at radius 1 is 1.30 bits per heavy atom. The van der Waals surface area contributed by atoms with Crippen LogP contribution in [-0.2, 0) is 4.74 Å². The van der Waals surface area contributed by atoms with E-state index in [1.54, 1.807) is 6.07 Å². The second kappa shape index (κ2) is 8.75. The van der Waals surface area contributed by atoms with Crippen LogP contribution in [0.4, 0.5) is 4.39 Å². The van der Waals surface area contributed by atoms with Gasteiger partial charge in [-0.05, 0) is 44.0 Å². The van der Waals surface area contributed by atoms with E-state index in [9.17, 15) is 4.39 Å². The summed E-state index contributed by atoms with van der Waals surface area (Å²) in [4.78, 5) is 0. The van der Waals surface area contributed by atoms with Crippen LogP contribution in [0.1, 0.15) is 45.7 Å². The topological polar surface area (TPSA) is 21.3 Å². The maximum atomic E-state index is 14.2. The lowest BCUT2D eigenvalue weighted by Crippen LogP contribution is -2.38. The molecule has 1 N–H and O–H groups in total. The van der Waals surface area contributed by atoms with Gasteiger partial charge in [-0.15, -0.1) is 0 Å². The molecule has 0 aliphatic heterocycles. The Morgan fingerprint density at radius 2 is 2.00 bits per heavy atom. The van der Waals surface area contributed by atoms with E-state index in [0.717, 1.165) is 17.4 Å². The van der Waals surface area contributed by atoms with Crippen molar-refractivity contribution in [1.82, 2.24) is 5.32 Å². The predicted octanol–water partition coefficient (Wildman–Crippen LogP) is 4.69. The molecule has 114 valence electrons. The van der Waals surface area contributed by atoms with Gasteiger partial charge in [0, 0.05) is 16.6 Å². The van der Waals surface area contributed by atoms with Gasteiger partial charge >= 0.3 is 0 Å². The molecule has 0 saturated carbocycles. The molecule has 1 rings (SSSR count). The zero-order valence-electron chi connectivity index (χ0n) is 12.7. The van der Waals surface area contributed by atoms with Crippen molar-refractivity contribution >= 4 is 15.9 Å². The van der Waals surface area contributed by atoms with Crippen LogP contribution in [0.25, 0.3) is 0 Å². The number of ether oxygens (including phenoxy) is 1. The summed E-state index contributed by atoms with van der Waals surface area (Å²) in [5.74, 6) is 0.120. The van der Waals surface area contributed by atoms with E-state index in [1.165, 1.54) is 6.07 Å². The van der Waals surface area contributed by atoms with Crippen molar-refractivity contribution in [2.75, 3.05) is 13.2 Å². The molecule has 2 nitrogen and oxygen atoms in total. The summed E-state index contributed by atoms with van der Waals surface area (Å²) >= 11 is 3.42. The summed E-state index contributed by atoms with van der Waals surface area (Å²) in [6.45, 7) is 9.76. The number of nitrogens with one attached hydrogen (secondary N) is 1. The van der Waals surface area contributed by atoms with E-state index in [-0.39, 0.29) is 18.0 Å². The second-order valence-corrected chi connectivity index (χ2v) is 6.18. The number of rotatable bonds is 8. The normalized spacial score (nSPS) is 14.6. The fourth-order valence-electron chi connectivity index (χ4n) is 2.32. The number of hydrogen-bond donors (Lipinski definition) is 1. The first-order chi connectivity index (χ1) is 9.51. The molecule has 1 aromatic carbocycles. The van der Waals surface area contributed by atoms with Crippen LogP contribution in [0, 0.1) is 11.7 Å². The summed E-state index contributed by atoms with van der Waals surface area (Å²) in [7, 11) is 0. The van der Waals surface area contributed by atoms with E-state index >= 15 is 0 Å². The van der Waals surface area contributed by atoms with Crippen molar-refractivity contribution in [2.45, 2.75) is 46.3 Å². The molecule has 0 amide bonds. The minimum Gasteiger partial charge on any atom is -0.376 e. The van der Waals surface area contributed by atoms with Gasteiger partial charge in [0.05, 0.1) is 12.1 Å². The highest BCUT2D eigenvalue weighted by Crippen LogP contribution is 2.29. The molecule has 1 aromatic rings. The average molecular weight is 346 g/mol. The van der Waals surface area contributed by atoms with Crippen LogP contribution in [0.3, 0.4) is 0 Å². The molecule has 0 aliphatic carbocycles. The van der Waals surface area contributed by atoms with E-state index in [1.807, 2.05) is 13.0 Å². The van der Waals surface area contributed by atoms with Crippen molar-refractivity contribution in [3.63, 3.8) is 0 Å². The molecule has 0 heterocycles. The highest BCUT2D eigenvalue weighted by Gasteiger charge is 2.28. The van der Waals surface area contributed by atoms with Crippen LogP contribution in [-0.4, -0.2) is 19.3 Å². The Labute approximate surface area is 130 Å². The highest BCUT2D eigenvalue weighted by atomic mass is 79.9. The smallest absolute Gasteiger partial charge is 0.128 e. The molecule has 4 heteroatoms. The average Bonchev–Trinajstić information content (AvgIpc) is 2.41. The fraction of sp³-hybridized carbons (Fsp3) is 0.625. The summed E-state index contributed by atoms with van der Waals surface area (Å²) in [5, 5.41) is 3.43. The second-order valence-electron chi connectivity index (χ2n) is 5.26. The van der Waals surface area contributed by atoms with Gasteiger partial charge in [-0.25, -0.2) is 4.39 Å². The van der Waals surface area contributed by atoms with Crippen LogP contribution in [0.5, 0.6) is 0 Å². The first kappa shape index (κ1) is 17.6. The predicted molar refractivity (Wildman–Crippen MR) is 85.4 cm³/mol. The molecule has 0 radical (unpaired) electrons. The first-order valence-corrected chi connectivity index (χ1v) is 8.10. The first-order valence-electron chi connectivity index (χ1n) is 7.31. The lowest BCUT2D eigenvalue weighted by molar-refractivity contribution is 0.00201. The van der Waals surface area contributed by atoms with Crippen molar-refractivity contribution < 1.29 is 9.13 Å². The largest absolute Gasteiger partial charge is 0.376 e. The number of benzene rings is 1. The third-order valence-corrected chi connectivity index (χ3v) is 3.75.